The molecule has 1 rings (SSSR count). The highest BCUT2D eigenvalue weighted by molar-refractivity contribution is 5.11. The Balaban J connectivity index is 1.95. The van der Waals surface area contributed by atoms with Gasteiger partial charge < -0.3 is 10.1 Å². The molecule has 0 bridgehead atoms. The third-order valence-electron chi connectivity index (χ3n) is 3.09. The van der Waals surface area contributed by atoms with Crippen molar-refractivity contribution in [1.82, 2.24) is 4.98 Å². The number of unbranched alkanes of at least 4 members (excludes halogenated alkanes) is 6. The predicted octanol–water partition coefficient (Wildman–Crippen LogP) is 4.19. The molecule has 0 saturated carbocycles. The van der Waals surface area contributed by atoms with Gasteiger partial charge in [-0.1, -0.05) is 51.9 Å². The van der Waals surface area contributed by atoms with E-state index in [-0.39, 0.29) is 6.10 Å². The quantitative estimate of drug-likeness (QED) is 0.605. The number of aromatic amines is 1. The van der Waals surface area contributed by atoms with Crippen LogP contribution in [0, 0.1) is 0 Å². The van der Waals surface area contributed by atoms with E-state index in [9.17, 15) is 5.11 Å². The van der Waals surface area contributed by atoms with Crippen LogP contribution in [0.5, 0.6) is 0 Å². The van der Waals surface area contributed by atoms with Crippen LogP contribution in [0.4, 0.5) is 0 Å². The average Bonchev–Trinajstić information content (AvgIpc) is 2.81. The monoisotopic (exact) mass is 223 g/mol. The largest absolute Gasteiger partial charge is 0.388 e. The topological polar surface area (TPSA) is 36.0 Å². The zero-order valence-corrected chi connectivity index (χ0v) is 10.4. The van der Waals surface area contributed by atoms with Crippen molar-refractivity contribution in [3.05, 3.63) is 24.0 Å². The number of H-pyrrole nitrogens is 1. The molecule has 0 saturated heterocycles. The van der Waals surface area contributed by atoms with Crippen molar-refractivity contribution in [3.63, 3.8) is 0 Å². The summed E-state index contributed by atoms with van der Waals surface area (Å²) in [6, 6.07) is 1.95. The number of nitrogens with one attached hydrogen (secondary N) is 1. The van der Waals surface area contributed by atoms with Gasteiger partial charge in [0.1, 0.15) is 0 Å². The van der Waals surface area contributed by atoms with Crippen LogP contribution in [0.15, 0.2) is 18.5 Å². The minimum absolute atomic E-state index is 0.276. The first kappa shape index (κ1) is 13.3. The van der Waals surface area contributed by atoms with Crippen molar-refractivity contribution in [2.45, 2.75) is 64.4 Å². The molecule has 0 amide bonds. The number of aliphatic hydroxyl groups excluding tert-OH is 1. The van der Waals surface area contributed by atoms with Crippen molar-refractivity contribution in [2.24, 2.45) is 0 Å². The zero-order chi connectivity index (χ0) is 11.6. The predicted molar refractivity (Wildman–Crippen MR) is 68.4 cm³/mol. The molecule has 0 aliphatic carbocycles. The van der Waals surface area contributed by atoms with Gasteiger partial charge in [0.2, 0.25) is 0 Å². The van der Waals surface area contributed by atoms with E-state index in [1.807, 2.05) is 18.5 Å². The fraction of sp³-hybridized carbons (Fsp3) is 0.714. The molecule has 2 nitrogen and oxygen atoms in total. The summed E-state index contributed by atoms with van der Waals surface area (Å²) in [6.07, 6.45) is 13.5. The Hall–Kier alpha value is -0.760. The molecule has 2 N–H and O–H groups in total. The SMILES string of the molecule is CCCCCCCCCC(O)c1cc[nH]c1. The summed E-state index contributed by atoms with van der Waals surface area (Å²) in [5.74, 6) is 0. The second-order valence-electron chi connectivity index (χ2n) is 4.57. The molecule has 1 aromatic rings. The van der Waals surface area contributed by atoms with Gasteiger partial charge in [0.05, 0.1) is 6.10 Å². The van der Waals surface area contributed by atoms with Gasteiger partial charge in [0.25, 0.3) is 0 Å². The van der Waals surface area contributed by atoms with Gasteiger partial charge in [-0.2, -0.15) is 0 Å². The first-order valence-corrected chi connectivity index (χ1v) is 6.65. The van der Waals surface area contributed by atoms with Crippen molar-refractivity contribution in [2.75, 3.05) is 0 Å². The lowest BCUT2D eigenvalue weighted by molar-refractivity contribution is 0.163. The second kappa shape index (κ2) is 8.40. The Labute approximate surface area is 99.1 Å². The molecule has 0 aliphatic heterocycles. The van der Waals surface area contributed by atoms with E-state index in [4.69, 9.17) is 0 Å². The van der Waals surface area contributed by atoms with Crippen LogP contribution >= 0.6 is 0 Å². The normalized spacial score (nSPS) is 12.9. The molecule has 1 unspecified atom stereocenters. The van der Waals surface area contributed by atoms with E-state index in [1.165, 1.54) is 38.5 Å². The Kier molecular flexibility index (Phi) is 6.98. The molecule has 2 heteroatoms. The highest BCUT2D eigenvalue weighted by Gasteiger charge is 2.06. The lowest BCUT2D eigenvalue weighted by Crippen LogP contribution is -1.95. The van der Waals surface area contributed by atoms with E-state index in [2.05, 4.69) is 11.9 Å². The van der Waals surface area contributed by atoms with Gasteiger partial charge in [0.15, 0.2) is 0 Å². The van der Waals surface area contributed by atoms with E-state index < -0.39 is 0 Å². The van der Waals surface area contributed by atoms with E-state index in [0.29, 0.717) is 0 Å². The molecule has 1 atom stereocenters. The van der Waals surface area contributed by atoms with Crippen LogP contribution in [0.3, 0.4) is 0 Å². The van der Waals surface area contributed by atoms with Crippen LogP contribution in [-0.2, 0) is 0 Å². The summed E-state index contributed by atoms with van der Waals surface area (Å²) in [5, 5.41) is 9.83. The summed E-state index contributed by atoms with van der Waals surface area (Å²) in [4.78, 5) is 2.98. The summed E-state index contributed by atoms with van der Waals surface area (Å²) in [5.41, 5.74) is 1.02. The lowest BCUT2D eigenvalue weighted by atomic mass is 10.0. The summed E-state index contributed by atoms with van der Waals surface area (Å²) in [6.45, 7) is 2.24. The van der Waals surface area contributed by atoms with Crippen LogP contribution in [0.25, 0.3) is 0 Å². The Bertz CT molecular complexity index is 243. The van der Waals surface area contributed by atoms with Crippen LogP contribution in [0.2, 0.25) is 0 Å². The summed E-state index contributed by atoms with van der Waals surface area (Å²) in [7, 11) is 0. The number of aliphatic hydroxyl groups is 1. The highest BCUT2D eigenvalue weighted by atomic mass is 16.3. The molecule has 0 radical (unpaired) electrons. The molecule has 92 valence electrons. The van der Waals surface area contributed by atoms with Gasteiger partial charge in [-0.05, 0) is 18.1 Å². The third kappa shape index (κ3) is 5.36. The first-order valence-electron chi connectivity index (χ1n) is 6.65. The minimum Gasteiger partial charge on any atom is -0.388 e. The number of hydrogen-bond acceptors (Lipinski definition) is 1. The van der Waals surface area contributed by atoms with Gasteiger partial charge in [-0.15, -0.1) is 0 Å². The zero-order valence-electron chi connectivity index (χ0n) is 10.4. The number of hydrogen-bond donors (Lipinski definition) is 2. The molecule has 0 fully saturated rings. The molecule has 1 heterocycles. The number of rotatable bonds is 9. The second-order valence-corrected chi connectivity index (χ2v) is 4.57. The molecular formula is C14H25NO. The van der Waals surface area contributed by atoms with Crippen molar-refractivity contribution in [3.8, 4) is 0 Å². The maximum atomic E-state index is 9.83. The molecule has 0 aliphatic rings. The highest BCUT2D eigenvalue weighted by Crippen LogP contribution is 2.19. The Morgan fingerprint density at radius 2 is 1.81 bits per heavy atom. The van der Waals surface area contributed by atoms with Crippen LogP contribution < -0.4 is 0 Å². The Morgan fingerprint density at radius 1 is 1.12 bits per heavy atom. The molecular weight excluding hydrogens is 198 g/mol. The maximum Gasteiger partial charge on any atom is 0.0804 e. The van der Waals surface area contributed by atoms with Gasteiger partial charge in [-0.25, -0.2) is 0 Å². The van der Waals surface area contributed by atoms with E-state index in [0.717, 1.165) is 18.4 Å². The van der Waals surface area contributed by atoms with Gasteiger partial charge in [0, 0.05) is 12.4 Å². The maximum absolute atomic E-state index is 9.83. The van der Waals surface area contributed by atoms with E-state index in [1.54, 1.807) is 0 Å². The van der Waals surface area contributed by atoms with Gasteiger partial charge in [-0.3, -0.25) is 0 Å². The standard InChI is InChI=1S/C14H25NO/c1-2-3-4-5-6-7-8-9-14(16)13-10-11-15-12-13/h10-12,14-16H,2-9H2,1H3. The molecule has 0 aromatic carbocycles. The third-order valence-corrected chi connectivity index (χ3v) is 3.09. The van der Waals surface area contributed by atoms with Crippen molar-refractivity contribution >= 4 is 0 Å². The summed E-state index contributed by atoms with van der Waals surface area (Å²) >= 11 is 0. The Morgan fingerprint density at radius 3 is 2.44 bits per heavy atom. The van der Waals surface area contributed by atoms with E-state index >= 15 is 0 Å². The molecule has 16 heavy (non-hydrogen) atoms. The minimum atomic E-state index is -0.276. The van der Waals surface area contributed by atoms with Crippen LogP contribution in [-0.4, -0.2) is 10.1 Å². The fourth-order valence-corrected chi connectivity index (χ4v) is 2.01. The first-order chi connectivity index (χ1) is 7.84. The lowest BCUT2D eigenvalue weighted by Gasteiger charge is -2.08. The average molecular weight is 223 g/mol. The molecule has 0 spiro atoms. The molecule has 1 aromatic heterocycles. The smallest absolute Gasteiger partial charge is 0.0804 e. The van der Waals surface area contributed by atoms with Crippen molar-refractivity contribution < 1.29 is 5.11 Å². The summed E-state index contributed by atoms with van der Waals surface area (Å²) < 4.78 is 0. The van der Waals surface area contributed by atoms with Crippen molar-refractivity contribution in [1.29, 1.82) is 0 Å². The van der Waals surface area contributed by atoms with Crippen LogP contribution in [0.1, 0.15) is 70.0 Å². The van der Waals surface area contributed by atoms with Gasteiger partial charge >= 0.3 is 0 Å². The fourth-order valence-electron chi connectivity index (χ4n) is 2.01. The number of aromatic nitrogens is 1.